The van der Waals surface area contributed by atoms with E-state index < -0.39 is 41.5 Å². The first-order chi connectivity index (χ1) is 12.2. The topological polar surface area (TPSA) is 26.3 Å². The number of alkyl halides is 6. The van der Waals surface area contributed by atoms with E-state index in [9.17, 15) is 31.1 Å². The van der Waals surface area contributed by atoms with Crippen molar-refractivity contribution in [3.05, 3.63) is 0 Å². The molecule has 0 heterocycles. The number of carbonyl (C=O) groups excluding carboxylic acids is 1. The molecule has 0 radical (unpaired) electrons. The van der Waals surface area contributed by atoms with E-state index in [1.807, 2.05) is 0 Å². The first-order valence-electron chi connectivity index (χ1n) is 9.05. The van der Waals surface area contributed by atoms with E-state index >= 15 is 0 Å². The van der Waals surface area contributed by atoms with Crippen molar-refractivity contribution in [2.75, 3.05) is 12.0 Å². The first-order valence-corrected chi connectivity index (χ1v) is 10.4. The van der Waals surface area contributed by atoms with Crippen LogP contribution in [0.15, 0.2) is 0 Å². The summed E-state index contributed by atoms with van der Waals surface area (Å²) in [5.74, 6) is -1.53. The fourth-order valence-electron chi connectivity index (χ4n) is 5.10. The van der Waals surface area contributed by atoms with Gasteiger partial charge in [-0.3, -0.25) is 4.79 Å². The fraction of sp³-hybridized carbons (Fsp3) is 0.944. The molecule has 27 heavy (non-hydrogen) atoms. The lowest BCUT2D eigenvalue weighted by Crippen LogP contribution is -2.61. The molecular formula is C18H26F6O2S. The zero-order valence-electron chi connectivity index (χ0n) is 15.7. The number of hydrogen-bond donors (Lipinski definition) is 0. The number of halogens is 6. The monoisotopic (exact) mass is 420 g/mol. The predicted molar refractivity (Wildman–Crippen MR) is 91.3 cm³/mol. The third-order valence-electron chi connectivity index (χ3n) is 5.82. The molecule has 2 saturated carbocycles. The van der Waals surface area contributed by atoms with Crippen LogP contribution in [0.3, 0.4) is 0 Å². The zero-order chi connectivity index (χ0) is 20.7. The molecule has 2 rings (SSSR count). The first kappa shape index (κ1) is 22.7. The molecule has 9 heteroatoms. The normalized spacial score (nSPS) is 32.3. The quantitative estimate of drug-likeness (QED) is 0.403. The molecule has 0 N–H and O–H groups in total. The van der Waals surface area contributed by atoms with Crippen LogP contribution in [0.2, 0.25) is 0 Å². The minimum Gasteiger partial charge on any atom is -0.438 e. The van der Waals surface area contributed by atoms with E-state index in [4.69, 9.17) is 0 Å². The van der Waals surface area contributed by atoms with Crippen molar-refractivity contribution in [1.82, 2.24) is 0 Å². The smallest absolute Gasteiger partial charge is 0.438 e. The molecule has 2 aliphatic carbocycles. The fourth-order valence-corrected chi connectivity index (χ4v) is 5.90. The van der Waals surface area contributed by atoms with Crippen molar-refractivity contribution in [2.24, 2.45) is 23.2 Å². The van der Waals surface area contributed by atoms with E-state index in [2.05, 4.69) is 11.7 Å². The predicted octanol–water partition coefficient (Wildman–Crippen LogP) is 6.00. The van der Waals surface area contributed by atoms with Gasteiger partial charge in [-0.2, -0.15) is 38.1 Å². The molecule has 0 saturated heterocycles. The van der Waals surface area contributed by atoms with E-state index in [0.29, 0.717) is 42.4 Å². The van der Waals surface area contributed by atoms with Gasteiger partial charge < -0.3 is 4.74 Å². The van der Waals surface area contributed by atoms with E-state index in [1.54, 1.807) is 6.92 Å². The molecule has 2 fully saturated rings. The number of carbonyl (C=O) groups is 1. The van der Waals surface area contributed by atoms with Gasteiger partial charge in [-0.05, 0) is 61.5 Å². The summed E-state index contributed by atoms with van der Waals surface area (Å²) in [5.41, 5.74) is -5.08. The largest absolute Gasteiger partial charge is 0.438 e. The number of ether oxygens (including phenoxy) is 1. The Morgan fingerprint density at radius 1 is 1.04 bits per heavy atom. The summed E-state index contributed by atoms with van der Waals surface area (Å²) in [7, 11) is 0. The maximum atomic E-state index is 13.3. The van der Waals surface area contributed by atoms with Gasteiger partial charge in [0.1, 0.15) is 0 Å². The minimum absolute atomic E-state index is 0.346. The molecule has 0 aromatic heterocycles. The Kier molecular flexibility index (Phi) is 6.45. The van der Waals surface area contributed by atoms with Crippen molar-refractivity contribution in [1.29, 1.82) is 0 Å². The summed E-state index contributed by atoms with van der Waals surface area (Å²) < 4.78 is 84.1. The Hall–Kier alpha value is -0.600. The summed E-state index contributed by atoms with van der Waals surface area (Å²) in [6.07, 6.45) is -6.50. The number of esters is 1. The molecule has 2 aliphatic rings. The van der Waals surface area contributed by atoms with E-state index in [-0.39, 0.29) is 0 Å². The summed E-state index contributed by atoms with van der Waals surface area (Å²) in [4.78, 5) is 12.3. The van der Waals surface area contributed by atoms with Crippen molar-refractivity contribution < 1.29 is 35.9 Å². The molecule has 0 aromatic carbocycles. The highest BCUT2D eigenvalue weighted by molar-refractivity contribution is 7.98. The van der Waals surface area contributed by atoms with Crippen LogP contribution in [0.25, 0.3) is 0 Å². The van der Waals surface area contributed by atoms with Gasteiger partial charge in [-0.25, -0.2) is 0 Å². The third-order valence-corrected chi connectivity index (χ3v) is 6.52. The minimum atomic E-state index is -5.73. The maximum absolute atomic E-state index is 13.3. The Morgan fingerprint density at radius 3 is 1.93 bits per heavy atom. The van der Waals surface area contributed by atoms with Crippen molar-refractivity contribution in [2.45, 2.75) is 70.3 Å². The van der Waals surface area contributed by atoms with Gasteiger partial charge in [-0.15, -0.1) is 0 Å². The van der Waals surface area contributed by atoms with Crippen LogP contribution in [-0.2, 0) is 9.53 Å². The highest BCUT2D eigenvalue weighted by atomic mass is 32.2. The standard InChI is InChI=1S/C18H26F6O2S/c1-11-4-12-6-13(5-11)8-15(2,7-12)9-14(25)26-16(10-27-3,17(19,20)21)18(22,23)24/h11-13H,4-10H2,1-3H3. The molecule has 2 unspecified atom stereocenters. The molecule has 0 aliphatic heterocycles. The summed E-state index contributed by atoms with van der Waals surface area (Å²) in [6, 6.07) is 0. The molecule has 0 aromatic rings. The van der Waals surface area contributed by atoms with Gasteiger partial charge >= 0.3 is 23.9 Å². The van der Waals surface area contributed by atoms with E-state index in [0.717, 1.165) is 25.5 Å². The van der Waals surface area contributed by atoms with Gasteiger partial charge in [0.05, 0.1) is 12.2 Å². The van der Waals surface area contributed by atoms with Gasteiger partial charge in [0.2, 0.25) is 0 Å². The number of thioether (sulfide) groups is 1. The third kappa shape index (κ3) is 4.88. The van der Waals surface area contributed by atoms with Crippen molar-refractivity contribution in [3.8, 4) is 0 Å². The lowest BCUT2D eigenvalue weighted by atomic mass is 9.58. The highest BCUT2D eigenvalue weighted by Crippen LogP contribution is 2.53. The number of rotatable bonds is 5. The van der Waals surface area contributed by atoms with Gasteiger partial charge in [0.25, 0.3) is 0 Å². The van der Waals surface area contributed by atoms with Crippen LogP contribution in [0, 0.1) is 23.2 Å². The molecule has 2 nitrogen and oxygen atoms in total. The Morgan fingerprint density at radius 2 is 1.52 bits per heavy atom. The average Bonchev–Trinajstić information content (AvgIpc) is 2.41. The summed E-state index contributed by atoms with van der Waals surface area (Å²) in [5, 5.41) is 0. The Bertz CT molecular complexity index is 513. The number of hydrogen-bond acceptors (Lipinski definition) is 3. The van der Waals surface area contributed by atoms with Crippen LogP contribution in [0.1, 0.15) is 52.4 Å². The second-order valence-corrected chi connectivity index (χ2v) is 9.54. The SMILES string of the molecule is CSCC(OC(=O)CC1(C)CC2CC(C)CC(C2)C1)(C(F)(F)F)C(F)(F)F. The second-order valence-electron chi connectivity index (χ2n) is 8.67. The van der Waals surface area contributed by atoms with Crippen molar-refractivity contribution in [3.63, 3.8) is 0 Å². The van der Waals surface area contributed by atoms with Crippen molar-refractivity contribution >= 4 is 17.7 Å². The average molecular weight is 420 g/mol. The van der Waals surface area contributed by atoms with Gasteiger partial charge in [0, 0.05) is 0 Å². The lowest BCUT2D eigenvalue weighted by molar-refractivity contribution is -0.361. The molecular weight excluding hydrogens is 394 g/mol. The molecule has 0 amide bonds. The second kappa shape index (κ2) is 7.67. The Labute approximate surface area is 159 Å². The lowest BCUT2D eigenvalue weighted by Gasteiger charge is -2.47. The van der Waals surface area contributed by atoms with Crippen LogP contribution in [-0.4, -0.2) is 35.9 Å². The summed E-state index contributed by atoms with van der Waals surface area (Å²) in [6.45, 7) is 3.93. The van der Waals surface area contributed by atoms with Crippen LogP contribution < -0.4 is 0 Å². The van der Waals surface area contributed by atoms with Crippen LogP contribution in [0.4, 0.5) is 26.3 Å². The van der Waals surface area contributed by atoms with Gasteiger partial charge in [-0.1, -0.05) is 13.8 Å². The highest BCUT2D eigenvalue weighted by Gasteiger charge is 2.74. The molecule has 0 spiro atoms. The molecule has 2 bridgehead atoms. The Balaban J connectivity index is 2.16. The molecule has 2 atom stereocenters. The summed E-state index contributed by atoms with van der Waals surface area (Å²) >= 11 is 0.346. The van der Waals surface area contributed by atoms with Gasteiger partial charge in [0.15, 0.2) is 0 Å². The van der Waals surface area contributed by atoms with Crippen LogP contribution in [0.5, 0.6) is 0 Å². The molecule has 158 valence electrons. The zero-order valence-corrected chi connectivity index (χ0v) is 16.5. The number of fused-ring (bicyclic) bond motifs is 2. The van der Waals surface area contributed by atoms with E-state index in [1.165, 1.54) is 0 Å². The van der Waals surface area contributed by atoms with Crippen LogP contribution >= 0.6 is 11.8 Å². The maximum Gasteiger partial charge on any atom is 0.438 e.